The molecule has 0 unspecified atom stereocenters. The van der Waals surface area contributed by atoms with Crippen molar-refractivity contribution in [2.45, 2.75) is 26.9 Å². The van der Waals surface area contributed by atoms with Crippen LogP contribution in [0.15, 0.2) is 30.3 Å². The number of aromatic nitrogens is 2. The van der Waals surface area contributed by atoms with Crippen molar-refractivity contribution < 1.29 is 9.68 Å². The van der Waals surface area contributed by atoms with Crippen molar-refractivity contribution in [3.8, 4) is 10.7 Å². The highest BCUT2D eigenvalue weighted by atomic mass is 35.5. The Morgan fingerprint density at radius 2 is 2.15 bits per heavy atom. The summed E-state index contributed by atoms with van der Waals surface area (Å²) in [6.07, 6.45) is 0.826. The monoisotopic (exact) mass is 385 g/mol. The Morgan fingerprint density at radius 3 is 2.88 bits per heavy atom. The van der Waals surface area contributed by atoms with Gasteiger partial charge in [0.25, 0.3) is 0 Å². The van der Waals surface area contributed by atoms with Crippen LogP contribution in [0.25, 0.3) is 10.7 Å². The number of hydrogen-bond acceptors (Lipinski definition) is 6. The summed E-state index contributed by atoms with van der Waals surface area (Å²) >= 11 is 7.52. The fraction of sp³-hybridized carbons (Fsp3) is 0.222. The van der Waals surface area contributed by atoms with Crippen LogP contribution >= 0.6 is 22.9 Å². The number of benzene rings is 1. The zero-order chi connectivity index (χ0) is 18.3. The van der Waals surface area contributed by atoms with Gasteiger partial charge in [0, 0.05) is 16.9 Å². The lowest BCUT2D eigenvalue weighted by molar-refractivity contribution is 0.275. The number of rotatable bonds is 4. The third kappa shape index (κ3) is 3.23. The molecule has 0 saturated carbocycles. The van der Waals surface area contributed by atoms with Gasteiger partial charge in [-0.25, -0.2) is 9.97 Å². The molecule has 0 saturated heterocycles. The lowest BCUT2D eigenvalue weighted by Gasteiger charge is -2.14. The SMILES string of the molecule is CCc1c(C)nc(-c2ccc(Cl)s2)nc1Nc1ccc2c(c1)COB2O. The molecular formula is C18H17BClN3O2S. The zero-order valence-corrected chi connectivity index (χ0v) is 16.0. The molecule has 132 valence electrons. The fourth-order valence-corrected chi connectivity index (χ4v) is 4.09. The van der Waals surface area contributed by atoms with Gasteiger partial charge in [0.1, 0.15) is 5.82 Å². The minimum Gasteiger partial charge on any atom is -0.423 e. The molecule has 3 aromatic rings. The van der Waals surface area contributed by atoms with Crippen LogP contribution in [0, 0.1) is 6.92 Å². The molecule has 0 fully saturated rings. The molecule has 0 aliphatic carbocycles. The maximum atomic E-state index is 9.77. The molecule has 5 nitrogen and oxygen atoms in total. The van der Waals surface area contributed by atoms with E-state index < -0.39 is 7.12 Å². The summed E-state index contributed by atoms with van der Waals surface area (Å²) in [6, 6.07) is 9.59. The van der Waals surface area contributed by atoms with Crippen LogP contribution in [0.4, 0.5) is 11.5 Å². The molecule has 0 atom stereocenters. The summed E-state index contributed by atoms with van der Waals surface area (Å²) in [5.41, 5.74) is 4.73. The number of nitrogens with one attached hydrogen (secondary N) is 1. The van der Waals surface area contributed by atoms with E-state index in [-0.39, 0.29) is 0 Å². The lowest BCUT2D eigenvalue weighted by atomic mass is 9.79. The average molecular weight is 386 g/mol. The van der Waals surface area contributed by atoms with Gasteiger partial charge in [-0.05, 0) is 48.6 Å². The molecule has 26 heavy (non-hydrogen) atoms. The number of anilines is 2. The Balaban J connectivity index is 1.72. The van der Waals surface area contributed by atoms with Crippen molar-refractivity contribution in [1.82, 2.24) is 9.97 Å². The number of fused-ring (bicyclic) bond motifs is 1. The van der Waals surface area contributed by atoms with Crippen LogP contribution in [-0.4, -0.2) is 22.1 Å². The van der Waals surface area contributed by atoms with E-state index in [4.69, 9.17) is 21.2 Å². The molecule has 0 radical (unpaired) electrons. The molecule has 2 aromatic heterocycles. The molecule has 0 amide bonds. The van der Waals surface area contributed by atoms with Gasteiger partial charge in [0.15, 0.2) is 5.82 Å². The van der Waals surface area contributed by atoms with Gasteiger partial charge in [0.2, 0.25) is 0 Å². The average Bonchev–Trinajstić information content (AvgIpc) is 3.21. The molecule has 0 spiro atoms. The van der Waals surface area contributed by atoms with Crippen LogP contribution in [0.5, 0.6) is 0 Å². The molecule has 1 aromatic carbocycles. The Hall–Kier alpha value is -1.93. The van der Waals surface area contributed by atoms with Crippen molar-refractivity contribution in [3.05, 3.63) is 51.5 Å². The molecule has 1 aliphatic heterocycles. The van der Waals surface area contributed by atoms with E-state index in [1.165, 1.54) is 11.3 Å². The first kappa shape index (κ1) is 17.5. The van der Waals surface area contributed by atoms with Gasteiger partial charge < -0.3 is 15.0 Å². The van der Waals surface area contributed by atoms with Crippen LogP contribution < -0.4 is 10.8 Å². The van der Waals surface area contributed by atoms with Gasteiger partial charge in [-0.3, -0.25) is 0 Å². The summed E-state index contributed by atoms with van der Waals surface area (Å²) in [7, 11) is -0.832. The summed E-state index contributed by atoms with van der Waals surface area (Å²) in [5.74, 6) is 1.46. The first-order chi connectivity index (χ1) is 12.5. The van der Waals surface area contributed by atoms with Gasteiger partial charge in [-0.2, -0.15) is 0 Å². The van der Waals surface area contributed by atoms with E-state index in [0.717, 1.165) is 45.1 Å². The summed E-state index contributed by atoms with van der Waals surface area (Å²) < 4.78 is 5.98. The summed E-state index contributed by atoms with van der Waals surface area (Å²) in [5, 5.41) is 13.2. The number of hydrogen-bond donors (Lipinski definition) is 2. The maximum absolute atomic E-state index is 9.77. The van der Waals surface area contributed by atoms with Gasteiger partial charge >= 0.3 is 7.12 Å². The highest BCUT2D eigenvalue weighted by molar-refractivity contribution is 7.19. The highest BCUT2D eigenvalue weighted by Crippen LogP contribution is 2.31. The topological polar surface area (TPSA) is 67.3 Å². The van der Waals surface area contributed by atoms with E-state index in [1.54, 1.807) is 0 Å². The van der Waals surface area contributed by atoms with Crippen LogP contribution in [0.2, 0.25) is 4.34 Å². The van der Waals surface area contributed by atoms with Crippen molar-refractivity contribution in [2.24, 2.45) is 0 Å². The molecule has 8 heteroatoms. The summed E-state index contributed by atoms with van der Waals surface area (Å²) in [4.78, 5) is 10.3. The third-order valence-corrected chi connectivity index (χ3v) is 5.66. The fourth-order valence-electron chi connectivity index (χ4n) is 3.11. The Labute approximate surface area is 161 Å². The second kappa shape index (κ2) is 7.00. The summed E-state index contributed by atoms with van der Waals surface area (Å²) in [6.45, 7) is 4.50. The smallest absolute Gasteiger partial charge is 0.423 e. The molecule has 3 heterocycles. The van der Waals surface area contributed by atoms with Gasteiger partial charge in [-0.15, -0.1) is 11.3 Å². The van der Waals surface area contributed by atoms with Crippen LogP contribution in [0.3, 0.4) is 0 Å². The first-order valence-electron chi connectivity index (χ1n) is 8.38. The van der Waals surface area contributed by atoms with Crippen molar-refractivity contribution >= 4 is 47.0 Å². The Kier molecular flexibility index (Phi) is 4.71. The largest absolute Gasteiger partial charge is 0.491 e. The van der Waals surface area contributed by atoms with Gasteiger partial charge in [-0.1, -0.05) is 24.6 Å². The predicted octanol–water partition coefficient (Wildman–Crippen LogP) is 3.69. The second-order valence-electron chi connectivity index (χ2n) is 6.12. The van der Waals surface area contributed by atoms with Crippen molar-refractivity contribution in [3.63, 3.8) is 0 Å². The number of nitrogens with zero attached hydrogens (tertiary/aromatic N) is 2. The van der Waals surface area contributed by atoms with Crippen molar-refractivity contribution in [2.75, 3.05) is 5.32 Å². The molecule has 0 bridgehead atoms. The van der Waals surface area contributed by atoms with Crippen LogP contribution in [-0.2, 0) is 17.7 Å². The molecule has 2 N–H and O–H groups in total. The normalized spacial score (nSPS) is 13.2. The zero-order valence-electron chi connectivity index (χ0n) is 14.4. The van der Waals surface area contributed by atoms with Crippen molar-refractivity contribution in [1.29, 1.82) is 0 Å². The minimum absolute atomic E-state index is 0.411. The van der Waals surface area contributed by atoms with E-state index in [0.29, 0.717) is 16.8 Å². The number of aryl methyl sites for hydroxylation is 1. The molecule has 1 aliphatic rings. The molecular weight excluding hydrogens is 369 g/mol. The quantitative estimate of drug-likeness (QED) is 0.670. The minimum atomic E-state index is -0.832. The Morgan fingerprint density at radius 1 is 1.31 bits per heavy atom. The standard InChI is InChI=1S/C18H17BClN3O2S/c1-3-13-10(2)21-18(15-6-7-16(20)26-15)23-17(13)22-12-4-5-14-11(8-12)9-25-19(14)24/h4-8,24H,3,9H2,1-2H3,(H,21,22,23). The van der Waals surface area contributed by atoms with E-state index >= 15 is 0 Å². The van der Waals surface area contributed by atoms with E-state index in [2.05, 4.69) is 17.2 Å². The lowest BCUT2D eigenvalue weighted by Crippen LogP contribution is -2.27. The first-order valence-corrected chi connectivity index (χ1v) is 9.57. The second-order valence-corrected chi connectivity index (χ2v) is 7.83. The number of thiophene rings is 1. The number of halogens is 1. The van der Waals surface area contributed by atoms with E-state index in [9.17, 15) is 5.02 Å². The molecule has 4 rings (SSSR count). The van der Waals surface area contributed by atoms with E-state index in [1.807, 2.05) is 37.3 Å². The third-order valence-electron chi connectivity index (χ3n) is 4.43. The predicted molar refractivity (Wildman–Crippen MR) is 107 cm³/mol. The maximum Gasteiger partial charge on any atom is 0.491 e. The Bertz CT molecular complexity index is 979. The van der Waals surface area contributed by atoms with Crippen LogP contribution in [0.1, 0.15) is 23.7 Å². The highest BCUT2D eigenvalue weighted by Gasteiger charge is 2.27. The van der Waals surface area contributed by atoms with Gasteiger partial charge in [0.05, 0.1) is 15.8 Å².